The molecule has 0 saturated carbocycles. The third kappa shape index (κ3) is 3.36. The van der Waals surface area contributed by atoms with Crippen molar-refractivity contribution in [1.82, 2.24) is 0 Å². The Hall–Kier alpha value is -2.01. The highest BCUT2D eigenvalue weighted by Crippen LogP contribution is 2.28. The second-order valence-electron chi connectivity index (χ2n) is 4.29. The summed E-state index contributed by atoms with van der Waals surface area (Å²) in [4.78, 5) is 12.4. The highest BCUT2D eigenvalue weighted by molar-refractivity contribution is 6.35. The standard InChI is InChI=1S/C15H10ClF3O2/c1-8-6-10(11(16)7-12(8)17)14(20)9-4-2-3-5-13(9)21-15(18)19/h2-7,15H,1H3. The molecule has 2 aromatic rings. The van der Waals surface area contributed by atoms with Crippen molar-refractivity contribution in [2.45, 2.75) is 13.5 Å². The molecule has 0 N–H and O–H groups in total. The average molecular weight is 315 g/mol. The molecule has 2 aromatic carbocycles. The van der Waals surface area contributed by atoms with Crippen LogP contribution in [0.5, 0.6) is 5.75 Å². The van der Waals surface area contributed by atoms with E-state index in [9.17, 15) is 18.0 Å². The van der Waals surface area contributed by atoms with Crippen LogP contribution in [0.4, 0.5) is 13.2 Å². The van der Waals surface area contributed by atoms with Crippen LogP contribution in [0.15, 0.2) is 36.4 Å². The number of para-hydroxylation sites is 1. The van der Waals surface area contributed by atoms with Gasteiger partial charge in [0, 0.05) is 5.56 Å². The Labute approximate surface area is 124 Å². The predicted molar refractivity (Wildman–Crippen MR) is 72.7 cm³/mol. The van der Waals surface area contributed by atoms with Crippen LogP contribution >= 0.6 is 11.6 Å². The maximum absolute atomic E-state index is 13.4. The molecule has 6 heteroatoms. The zero-order chi connectivity index (χ0) is 15.6. The quantitative estimate of drug-likeness (QED) is 0.770. The molecule has 110 valence electrons. The number of ketones is 1. The lowest BCUT2D eigenvalue weighted by Gasteiger charge is -2.11. The largest absolute Gasteiger partial charge is 0.434 e. The molecular formula is C15H10ClF3O2. The molecule has 0 fully saturated rings. The Bertz CT molecular complexity index is 687. The Kier molecular flexibility index (Phi) is 4.53. The van der Waals surface area contributed by atoms with Crippen LogP contribution < -0.4 is 4.74 Å². The van der Waals surface area contributed by atoms with Crippen LogP contribution in [0.2, 0.25) is 5.02 Å². The first kappa shape index (κ1) is 15.4. The Morgan fingerprint density at radius 2 is 1.86 bits per heavy atom. The van der Waals surface area contributed by atoms with Gasteiger partial charge in [-0.3, -0.25) is 4.79 Å². The van der Waals surface area contributed by atoms with Crippen LogP contribution in [0.25, 0.3) is 0 Å². The number of carbonyl (C=O) groups excluding carboxylic acids is 1. The fourth-order valence-electron chi connectivity index (χ4n) is 1.83. The summed E-state index contributed by atoms with van der Waals surface area (Å²) in [5, 5.41) is -0.0880. The van der Waals surface area contributed by atoms with Gasteiger partial charge in [0.2, 0.25) is 0 Å². The maximum atomic E-state index is 13.4. The van der Waals surface area contributed by atoms with Crippen molar-refractivity contribution in [3.05, 3.63) is 63.9 Å². The van der Waals surface area contributed by atoms with Crippen molar-refractivity contribution < 1.29 is 22.7 Å². The van der Waals surface area contributed by atoms with Crippen LogP contribution in [0.3, 0.4) is 0 Å². The first-order valence-corrected chi connectivity index (χ1v) is 6.32. The summed E-state index contributed by atoms with van der Waals surface area (Å²) in [6, 6.07) is 7.86. The molecule has 0 unspecified atom stereocenters. The van der Waals surface area contributed by atoms with E-state index in [-0.39, 0.29) is 27.5 Å². The molecular weight excluding hydrogens is 305 g/mol. The van der Waals surface area contributed by atoms with E-state index in [1.165, 1.54) is 37.3 Å². The second-order valence-corrected chi connectivity index (χ2v) is 4.69. The smallest absolute Gasteiger partial charge is 0.387 e. The lowest BCUT2D eigenvalue weighted by atomic mass is 10.0. The van der Waals surface area contributed by atoms with Gasteiger partial charge < -0.3 is 4.74 Å². The van der Waals surface area contributed by atoms with Crippen LogP contribution in [-0.2, 0) is 0 Å². The third-order valence-corrected chi connectivity index (χ3v) is 3.15. The average Bonchev–Trinajstić information content (AvgIpc) is 2.42. The van der Waals surface area contributed by atoms with Gasteiger partial charge in [-0.05, 0) is 36.8 Å². The minimum absolute atomic E-state index is 0.0286. The van der Waals surface area contributed by atoms with Gasteiger partial charge in [0.25, 0.3) is 0 Å². The Morgan fingerprint density at radius 3 is 2.52 bits per heavy atom. The fraction of sp³-hybridized carbons (Fsp3) is 0.133. The highest BCUT2D eigenvalue weighted by Gasteiger charge is 2.20. The van der Waals surface area contributed by atoms with Gasteiger partial charge in [0.1, 0.15) is 11.6 Å². The first-order chi connectivity index (χ1) is 9.90. The lowest BCUT2D eigenvalue weighted by Crippen LogP contribution is -2.09. The molecule has 0 aliphatic rings. The summed E-state index contributed by atoms with van der Waals surface area (Å²) in [7, 11) is 0. The molecule has 0 heterocycles. The number of hydrogen-bond donors (Lipinski definition) is 0. The van der Waals surface area contributed by atoms with Gasteiger partial charge in [-0.15, -0.1) is 0 Å². The number of hydrogen-bond acceptors (Lipinski definition) is 2. The first-order valence-electron chi connectivity index (χ1n) is 5.94. The van der Waals surface area contributed by atoms with Crippen LogP contribution in [0.1, 0.15) is 21.5 Å². The molecule has 0 bridgehead atoms. The Morgan fingerprint density at radius 1 is 1.19 bits per heavy atom. The van der Waals surface area contributed by atoms with E-state index >= 15 is 0 Å². The van der Waals surface area contributed by atoms with Crippen molar-refractivity contribution >= 4 is 17.4 Å². The summed E-state index contributed by atoms with van der Waals surface area (Å²) in [5.74, 6) is -1.41. The minimum Gasteiger partial charge on any atom is -0.434 e. The van der Waals surface area contributed by atoms with Gasteiger partial charge in [-0.25, -0.2) is 4.39 Å². The zero-order valence-electron chi connectivity index (χ0n) is 10.9. The third-order valence-electron chi connectivity index (χ3n) is 2.84. The number of alkyl halides is 2. The van der Waals surface area contributed by atoms with Crippen LogP contribution in [0, 0.1) is 12.7 Å². The van der Waals surface area contributed by atoms with E-state index < -0.39 is 18.2 Å². The van der Waals surface area contributed by atoms with E-state index in [1.54, 1.807) is 0 Å². The van der Waals surface area contributed by atoms with E-state index in [0.29, 0.717) is 0 Å². The summed E-state index contributed by atoms with van der Waals surface area (Å²) in [5.41, 5.74) is 0.196. The summed E-state index contributed by atoms with van der Waals surface area (Å²) < 4.78 is 42.4. The zero-order valence-corrected chi connectivity index (χ0v) is 11.6. The number of carbonyl (C=O) groups is 1. The van der Waals surface area contributed by atoms with Gasteiger partial charge in [-0.1, -0.05) is 23.7 Å². The number of ether oxygens (including phenoxy) is 1. The molecule has 0 aliphatic carbocycles. The monoisotopic (exact) mass is 314 g/mol. The van der Waals surface area contributed by atoms with E-state index in [1.807, 2.05) is 0 Å². The number of benzene rings is 2. The maximum Gasteiger partial charge on any atom is 0.387 e. The topological polar surface area (TPSA) is 26.3 Å². The Balaban J connectivity index is 2.48. The van der Waals surface area contributed by atoms with Gasteiger partial charge in [0.05, 0.1) is 10.6 Å². The molecule has 2 rings (SSSR count). The molecule has 21 heavy (non-hydrogen) atoms. The van der Waals surface area contributed by atoms with E-state index in [4.69, 9.17) is 11.6 Å². The molecule has 0 radical (unpaired) electrons. The normalized spacial score (nSPS) is 10.8. The number of halogens is 4. The second kappa shape index (κ2) is 6.18. The van der Waals surface area contributed by atoms with Crippen LogP contribution in [-0.4, -0.2) is 12.4 Å². The van der Waals surface area contributed by atoms with Gasteiger partial charge in [-0.2, -0.15) is 8.78 Å². The molecule has 0 atom stereocenters. The molecule has 2 nitrogen and oxygen atoms in total. The van der Waals surface area contributed by atoms with Crippen molar-refractivity contribution in [2.75, 3.05) is 0 Å². The van der Waals surface area contributed by atoms with Crippen molar-refractivity contribution in [2.24, 2.45) is 0 Å². The van der Waals surface area contributed by atoms with Gasteiger partial charge >= 0.3 is 6.61 Å². The summed E-state index contributed by atoms with van der Waals surface area (Å²) in [6.45, 7) is -1.58. The fourth-order valence-corrected chi connectivity index (χ4v) is 2.07. The van der Waals surface area contributed by atoms with E-state index in [2.05, 4.69) is 4.74 Å². The summed E-state index contributed by atoms with van der Waals surface area (Å²) >= 11 is 5.85. The van der Waals surface area contributed by atoms with Crippen molar-refractivity contribution in [3.63, 3.8) is 0 Å². The molecule has 0 aliphatic heterocycles. The number of aryl methyl sites for hydroxylation is 1. The molecule has 0 aromatic heterocycles. The predicted octanol–water partition coefficient (Wildman–Crippen LogP) is 4.62. The van der Waals surface area contributed by atoms with Gasteiger partial charge in [0.15, 0.2) is 5.78 Å². The molecule has 0 saturated heterocycles. The van der Waals surface area contributed by atoms with E-state index in [0.717, 1.165) is 6.07 Å². The van der Waals surface area contributed by atoms with Crippen molar-refractivity contribution in [3.8, 4) is 5.75 Å². The molecule has 0 amide bonds. The summed E-state index contributed by atoms with van der Waals surface area (Å²) in [6.07, 6.45) is 0. The highest BCUT2D eigenvalue weighted by atomic mass is 35.5. The minimum atomic E-state index is -3.05. The SMILES string of the molecule is Cc1cc(C(=O)c2ccccc2OC(F)F)c(Cl)cc1F. The number of rotatable bonds is 4. The molecule has 0 spiro atoms. The lowest BCUT2D eigenvalue weighted by molar-refractivity contribution is -0.0501. The van der Waals surface area contributed by atoms with Crippen molar-refractivity contribution in [1.29, 1.82) is 0 Å².